The summed E-state index contributed by atoms with van der Waals surface area (Å²) in [5.41, 5.74) is 6.39. The van der Waals surface area contributed by atoms with Crippen LogP contribution in [0.4, 0.5) is 5.69 Å². The number of anilines is 1. The third-order valence-electron chi connectivity index (χ3n) is 3.09. The quantitative estimate of drug-likeness (QED) is 0.522. The van der Waals surface area contributed by atoms with Crippen LogP contribution >= 0.6 is 43.5 Å². The maximum atomic E-state index is 11.7. The van der Waals surface area contributed by atoms with Crippen molar-refractivity contribution < 1.29 is 5.11 Å². The molecule has 0 fully saturated rings. The molecular formula is C17H11Br2ClN4O2. The molecule has 3 aromatic rings. The number of hydrogen-bond acceptors (Lipinski definition) is 5. The number of nitrogens with two attached hydrogens (primary N) is 1. The number of hydrogen-bond donors (Lipinski definition) is 2. The summed E-state index contributed by atoms with van der Waals surface area (Å²) in [6.07, 6.45) is 1.36. The van der Waals surface area contributed by atoms with Crippen molar-refractivity contribution in [2.45, 2.75) is 0 Å². The number of nitrogens with zero attached hydrogens (tertiary/aromatic N) is 3. The van der Waals surface area contributed by atoms with Crippen LogP contribution < -0.4 is 11.3 Å². The molecule has 3 N–H and O–H groups in total. The summed E-state index contributed by atoms with van der Waals surface area (Å²) in [7, 11) is 0. The highest BCUT2D eigenvalue weighted by molar-refractivity contribution is 9.11. The van der Waals surface area contributed by atoms with Gasteiger partial charge in [-0.25, -0.2) is 0 Å². The Balaban J connectivity index is 0.000000197. The summed E-state index contributed by atoms with van der Waals surface area (Å²) in [6.45, 7) is 0. The van der Waals surface area contributed by atoms with Crippen molar-refractivity contribution >= 4 is 49.1 Å². The van der Waals surface area contributed by atoms with Crippen LogP contribution in [0.5, 0.6) is 5.75 Å². The van der Waals surface area contributed by atoms with Crippen molar-refractivity contribution in [1.82, 2.24) is 9.78 Å². The zero-order valence-electron chi connectivity index (χ0n) is 13.0. The first-order valence-electron chi connectivity index (χ1n) is 7.02. The Labute approximate surface area is 170 Å². The molecule has 0 unspecified atom stereocenters. The maximum absolute atomic E-state index is 11.7. The van der Waals surface area contributed by atoms with Crippen molar-refractivity contribution in [2.75, 3.05) is 5.73 Å². The van der Waals surface area contributed by atoms with Crippen LogP contribution in [0.3, 0.4) is 0 Å². The first-order valence-corrected chi connectivity index (χ1v) is 8.98. The van der Waals surface area contributed by atoms with E-state index in [0.717, 1.165) is 0 Å². The van der Waals surface area contributed by atoms with Crippen molar-refractivity contribution in [3.05, 3.63) is 78.5 Å². The van der Waals surface area contributed by atoms with E-state index >= 15 is 0 Å². The summed E-state index contributed by atoms with van der Waals surface area (Å²) < 4.78 is 2.24. The topological polar surface area (TPSA) is 105 Å². The van der Waals surface area contributed by atoms with Gasteiger partial charge in [0.05, 0.1) is 38.1 Å². The molecule has 0 saturated heterocycles. The third kappa shape index (κ3) is 4.64. The second-order valence-corrected chi connectivity index (χ2v) is 6.95. The molecule has 0 saturated carbocycles. The van der Waals surface area contributed by atoms with Gasteiger partial charge in [0.25, 0.3) is 5.56 Å². The van der Waals surface area contributed by atoms with Gasteiger partial charge in [-0.15, -0.1) is 0 Å². The van der Waals surface area contributed by atoms with E-state index in [1.165, 1.54) is 10.9 Å². The number of rotatable bonds is 1. The van der Waals surface area contributed by atoms with Gasteiger partial charge in [0.15, 0.2) is 0 Å². The Hall–Kier alpha value is -2.34. The minimum Gasteiger partial charge on any atom is -0.506 e. The molecule has 0 aliphatic carbocycles. The molecular weight excluding hydrogens is 487 g/mol. The lowest BCUT2D eigenvalue weighted by Gasteiger charge is -2.04. The molecule has 0 amide bonds. The summed E-state index contributed by atoms with van der Waals surface area (Å²) >= 11 is 11.9. The van der Waals surface area contributed by atoms with Gasteiger partial charge in [0.2, 0.25) is 0 Å². The van der Waals surface area contributed by atoms with E-state index in [4.69, 9.17) is 22.6 Å². The molecule has 0 radical (unpaired) electrons. The number of para-hydroxylation sites is 1. The van der Waals surface area contributed by atoms with Crippen LogP contribution in [-0.2, 0) is 0 Å². The zero-order valence-corrected chi connectivity index (χ0v) is 17.0. The lowest BCUT2D eigenvalue weighted by Crippen LogP contribution is -2.22. The number of aromatic nitrogens is 2. The Kier molecular flexibility index (Phi) is 6.80. The van der Waals surface area contributed by atoms with Gasteiger partial charge >= 0.3 is 0 Å². The predicted octanol–water partition coefficient (Wildman–Crippen LogP) is 4.26. The van der Waals surface area contributed by atoms with E-state index in [9.17, 15) is 9.90 Å². The summed E-state index contributed by atoms with van der Waals surface area (Å²) in [5, 5.41) is 21.6. The smallest absolute Gasteiger partial charge is 0.292 e. The second kappa shape index (κ2) is 8.85. The fourth-order valence-corrected chi connectivity index (χ4v) is 3.14. The number of phenols is 1. The molecule has 0 aliphatic rings. The van der Waals surface area contributed by atoms with Gasteiger partial charge < -0.3 is 10.8 Å². The Morgan fingerprint density at radius 1 is 1.19 bits per heavy atom. The van der Waals surface area contributed by atoms with E-state index in [1.54, 1.807) is 24.3 Å². The third-order valence-corrected chi connectivity index (χ3v) is 4.68. The minimum atomic E-state index is -0.414. The normalized spacial score (nSPS) is 9.77. The molecule has 132 valence electrons. The summed E-state index contributed by atoms with van der Waals surface area (Å²) in [6, 6.07) is 14.1. The molecule has 0 spiro atoms. The fraction of sp³-hybridized carbons (Fsp3) is 0. The molecule has 2 aromatic carbocycles. The lowest BCUT2D eigenvalue weighted by molar-refractivity contribution is 0.468. The van der Waals surface area contributed by atoms with E-state index in [-0.39, 0.29) is 16.5 Å². The molecule has 1 heterocycles. The number of phenolic OH excluding ortho intramolecular Hbond substituents is 1. The molecule has 0 aliphatic heterocycles. The van der Waals surface area contributed by atoms with Crippen LogP contribution in [0.1, 0.15) is 5.56 Å². The molecule has 3 rings (SSSR count). The number of nitriles is 1. The van der Waals surface area contributed by atoms with Gasteiger partial charge in [-0.3, -0.25) is 4.79 Å². The van der Waals surface area contributed by atoms with Crippen LogP contribution in [0.25, 0.3) is 5.69 Å². The van der Waals surface area contributed by atoms with Gasteiger partial charge in [-0.2, -0.15) is 15.0 Å². The van der Waals surface area contributed by atoms with Crippen molar-refractivity contribution in [2.24, 2.45) is 0 Å². The molecule has 26 heavy (non-hydrogen) atoms. The molecule has 0 bridgehead atoms. The van der Waals surface area contributed by atoms with Crippen LogP contribution in [0.2, 0.25) is 5.02 Å². The first-order chi connectivity index (χ1) is 12.3. The fourth-order valence-electron chi connectivity index (χ4n) is 1.83. The van der Waals surface area contributed by atoms with E-state index in [2.05, 4.69) is 37.0 Å². The standard InChI is InChI=1S/C10H8ClN3O.C7H3Br2NO/c11-9-8(12)6-13-14(10(9)15)7-4-2-1-3-5-7;8-5-1-4(3-10)2-6(9)7(5)11/h1-6H,12H2;1-2,11H. The van der Waals surface area contributed by atoms with Crippen molar-refractivity contribution in [3.63, 3.8) is 0 Å². The maximum Gasteiger partial charge on any atom is 0.292 e. The van der Waals surface area contributed by atoms with Gasteiger partial charge in [0, 0.05) is 0 Å². The highest BCUT2D eigenvalue weighted by atomic mass is 79.9. The van der Waals surface area contributed by atoms with E-state index in [1.807, 2.05) is 24.3 Å². The predicted molar refractivity (Wildman–Crippen MR) is 107 cm³/mol. The molecule has 0 atom stereocenters. The monoisotopic (exact) mass is 496 g/mol. The Morgan fingerprint density at radius 2 is 1.77 bits per heavy atom. The zero-order chi connectivity index (χ0) is 19.3. The Bertz CT molecular complexity index is 1010. The Morgan fingerprint density at radius 3 is 2.31 bits per heavy atom. The second-order valence-electron chi connectivity index (χ2n) is 4.87. The van der Waals surface area contributed by atoms with Gasteiger partial charge in [0.1, 0.15) is 10.8 Å². The minimum absolute atomic E-state index is 0.00569. The largest absolute Gasteiger partial charge is 0.506 e. The SMILES string of the molecule is N#Cc1cc(Br)c(O)c(Br)c1.Nc1cnn(-c2ccccc2)c(=O)c1Cl. The van der Waals surface area contributed by atoms with Crippen LogP contribution in [-0.4, -0.2) is 14.9 Å². The average Bonchev–Trinajstić information content (AvgIpc) is 2.65. The lowest BCUT2D eigenvalue weighted by atomic mass is 10.2. The highest BCUT2D eigenvalue weighted by Crippen LogP contribution is 2.32. The van der Waals surface area contributed by atoms with E-state index in [0.29, 0.717) is 20.2 Å². The summed E-state index contributed by atoms with van der Waals surface area (Å²) in [4.78, 5) is 11.7. The molecule has 6 nitrogen and oxygen atoms in total. The van der Waals surface area contributed by atoms with E-state index < -0.39 is 5.56 Å². The van der Waals surface area contributed by atoms with Crippen molar-refractivity contribution in [3.8, 4) is 17.5 Å². The number of benzene rings is 2. The highest BCUT2D eigenvalue weighted by Gasteiger charge is 2.07. The van der Waals surface area contributed by atoms with Gasteiger partial charge in [-0.05, 0) is 56.1 Å². The molecule has 1 aromatic heterocycles. The average molecular weight is 499 g/mol. The number of halogens is 3. The number of aromatic hydroxyl groups is 1. The van der Waals surface area contributed by atoms with Gasteiger partial charge in [-0.1, -0.05) is 29.8 Å². The number of nitrogen functional groups attached to an aromatic ring is 1. The van der Waals surface area contributed by atoms with Crippen molar-refractivity contribution in [1.29, 1.82) is 5.26 Å². The van der Waals surface area contributed by atoms with Crippen LogP contribution in [0.15, 0.2) is 62.4 Å². The first kappa shape index (κ1) is 20.0. The molecule has 9 heteroatoms. The summed E-state index contributed by atoms with van der Waals surface area (Å²) in [5.74, 6) is 0.115. The van der Waals surface area contributed by atoms with Crippen LogP contribution in [0, 0.1) is 11.3 Å².